The van der Waals surface area contributed by atoms with Gasteiger partial charge in [-0.1, -0.05) is 19.3 Å². The number of carbonyl (C=O) groups is 2. The van der Waals surface area contributed by atoms with Gasteiger partial charge in [0.2, 0.25) is 0 Å². The monoisotopic (exact) mass is 264 g/mol. The Balaban J connectivity index is 2.14. The number of carbonyl (C=O) groups excluding carboxylic acids is 1. The first-order chi connectivity index (χ1) is 9.02. The standard InChI is InChI=1S/C14H20N2O3/c1-16-9-5-6-11(16)13(19)15-14(10-12(17)18)7-3-2-4-8-14/h5-6,9H,2-4,7-8,10H2,1H3,(H,15,19)(H,17,18). The molecule has 1 aliphatic rings. The third-order valence-corrected chi connectivity index (χ3v) is 3.86. The van der Waals surface area contributed by atoms with Crippen LogP contribution in [0.3, 0.4) is 0 Å². The lowest BCUT2D eigenvalue weighted by Gasteiger charge is -2.37. The number of nitrogens with one attached hydrogen (secondary N) is 1. The molecule has 1 saturated carbocycles. The highest BCUT2D eigenvalue weighted by Crippen LogP contribution is 2.31. The van der Waals surface area contributed by atoms with Crippen LogP contribution in [0.2, 0.25) is 0 Å². The van der Waals surface area contributed by atoms with Crippen LogP contribution in [0.5, 0.6) is 0 Å². The van der Waals surface area contributed by atoms with Gasteiger partial charge < -0.3 is 15.0 Å². The summed E-state index contributed by atoms with van der Waals surface area (Å²) in [6, 6.07) is 3.55. The highest BCUT2D eigenvalue weighted by Gasteiger charge is 2.36. The summed E-state index contributed by atoms with van der Waals surface area (Å²) in [6.45, 7) is 0. The quantitative estimate of drug-likeness (QED) is 0.873. The summed E-state index contributed by atoms with van der Waals surface area (Å²) in [4.78, 5) is 23.3. The zero-order chi connectivity index (χ0) is 13.9. The first-order valence-electron chi connectivity index (χ1n) is 6.68. The molecule has 0 aromatic carbocycles. The van der Waals surface area contributed by atoms with E-state index < -0.39 is 11.5 Å². The van der Waals surface area contributed by atoms with E-state index in [1.54, 1.807) is 29.9 Å². The largest absolute Gasteiger partial charge is 0.481 e. The number of aliphatic carboxylic acids is 1. The van der Waals surface area contributed by atoms with Crippen molar-refractivity contribution in [2.45, 2.75) is 44.1 Å². The molecule has 0 unspecified atom stereocenters. The van der Waals surface area contributed by atoms with Crippen molar-refractivity contribution >= 4 is 11.9 Å². The smallest absolute Gasteiger partial charge is 0.305 e. The Kier molecular flexibility index (Phi) is 3.93. The summed E-state index contributed by atoms with van der Waals surface area (Å²) >= 11 is 0. The first-order valence-corrected chi connectivity index (χ1v) is 6.68. The van der Waals surface area contributed by atoms with Crippen molar-refractivity contribution in [1.29, 1.82) is 0 Å². The second-order valence-electron chi connectivity index (χ2n) is 5.37. The van der Waals surface area contributed by atoms with Crippen LogP contribution in [0.25, 0.3) is 0 Å². The van der Waals surface area contributed by atoms with E-state index in [0.29, 0.717) is 5.69 Å². The molecule has 19 heavy (non-hydrogen) atoms. The highest BCUT2D eigenvalue weighted by molar-refractivity contribution is 5.93. The molecule has 1 heterocycles. The van der Waals surface area contributed by atoms with Gasteiger partial charge in [-0.3, -0.25) is 9.59 Å². The van der Waals surface area contributed by atoms with E-state index in [4.69, 9.17) is 5.11 Å². The van der Waals surface area contributed by atoms with E-state index >= 15 is 0 Å². The molecule has 0 bridgehead atoms. The summed E-state index contributed by atoms with van der Waals surface area (Å²) in [5.74, 6) is -1.04. The van der Waals surface area contributed by atoms with Gasteiger partial charge in [-0.2, -0.15) is 0 Å². The molecule has 0 radical (unpaired) electrons. The average Bonchev–Trinajstić information content (AvgIpc) is 2.75. The predicted octanol–water partition coefficient (Wildman–Crippen LogP) is 1.93. The molecule has 1 fully saturated rings. The minimum Gasteiger partial charge on any atom is -0.481 e. The van der Waals surface area contributed by atoms with E-state index in [9.17, 15) is 9.59 Å². The number of carboxylic acids is 1. The minimum atomic E-state index is -0.853. The SMILES string of the molecule is Cn1cccc1C(=O)NC1(CC(=O)O)CCCCC1. The van der Waals surface area contributed by atoms with Crippen molar-refractivity contribution < 1.29 is 14.7 Å². The van der Waals surface area contributed by atoms with Crippen molar-refractivity contribution in [3.8, 4) is 0 Å². The molecule has 104 valence electrons. The van der Waals surface area contributed by atoms with E-state index in [2.05, 4.69) is 5.32 Å². The van der Waals surface area contributed by atoms with E-state index in [1.807, 2.05) is 0 Å². The summed E-state index contributed by atoms with van der Waals surface area (Å²) in [6.07, 6.45) is 6.36. The van der Waals surface area contributed by atoms with Crippen LogP contribution in [0.1, 0.15) is 49.0 Å². The molecule has 2 N–H and O–H groups in total. The van der Waals surface area contributed by atoms with E-state index in [1.165, 1.54) is 0 Å². The Morgan fingerprint density at radius 2 is 2.05 bits per heavy atom. The maximum atomic E-state index is 12.3. The minimum absolute atomic E-state index is 0.00314. The fourth-order valence-electron chi connectivity index (χ4n) is 2.87. The molecule has 5 heteroatoms. The molecule has 0 aliphatic heterocycles. The van der Waals surface area contributed by atoms with Crippen LogP contribution in [0, 0.1) is 0 Å². The zero-order valence-electron chi connectivity index (χ0n) is 11.2. The van der Waals surface area contributed by atoms with Crippen molar-refractivity contribution in [2.24, 2.45) is 7.05 Å². The summed E-state index contributed by atoms with van der Waals surface area (Å²) in [5, 5.41) is 12.0. The Bertz CT molecular complexity index is 473. The van der Waals surface area contributed by atoms with Gasteiger partial charge in [0.25, 0.3) is 5.91 Å². The van der Waals surface area contributed by atoms with Gasteiger partial charge in [-0.25, -0.2) is 0 Å². The second kappa shape index (κ2) is 5.47. The maximum Gasteiger partial charge on any atom is 0.305 e. The normalized spacial score (nSPS) is 17.9. The topological polar surface area (TPSA) is 71.3 Å². The molecule has 5 nitrogen and oxygen atoms in total. The third kappa shape index (κ3) is 3.16. The Hall–Kier alpha value is -1.78. The summed E-state index contributed by atoms with van der Waals surface area (Å²) in [5.41, 5.74) is -0.0128. The molecular formula is C14H20N2O3. The van der Waals surface area contributed by atoms with Crippen molar-refractivity contribution in [1.82, 2.24) is 9.88 Å². The number of carboxylic acid groups (broad SMARTS) is 1. The summed E-state index contributed by atoms with van der Waals surface area (Å²) < 4.78 is 1.74. The molecule has 2 rings (SSSR count). The number of aromatic nitrogens is 1. The summed E-state index contributed by atoms with van der Waals surface area (Å²) in [7, 11) is 1.81. The van der Waals surface area contributed by atoms with Crippen LogP contribution in [-0.4, -0.2) is 27.1 Å². The van der Waals surface area contributed by atoms with Gasteiger partial charge in [0.05, 0.1) is 12.0 Å². The fourth-order valence-corrected chi connectivity index (χ4v) is 2.87. The van der Waals surface area contributed by atoms with Crippen molar-refractivity contribution in [3.05, 3.63) is 24.0 Å². The molecule has 1 aliphatic carbocycles. The van der Waals surface area contributed by atoms with E-state index in [-0.39, 0.29) is 12.3 Å². The lowest BCUT2D eigenvalue weighted by molar-refractivity contribution is -0.139. The number of rotatable bonds is 4. The lowest BCUT2D eigenvalue weighted by Crippen LogP contribution is -2.51. The Morgan fingerprint density at radius 3 is 2.58 bits per heavy atom. The van der Waals surface area contributed by atoms with Gasteiger partial charge >= 0.3 is 5.97 Å². The molecule has 0 spiro atoms. The van der Waals surface area contributed by atoms with Crippen molar-refractivity contribution in [2.75, 3.05) is 0 Å². The van der Waals surface area contributed by atoms with Crippen LogP contribution >= 0.6 is 0 Å². The molecule has 0 atom stereocenters. The predicted molar refractivity (Wildman–Crippen MR) is 70.9 cm³/mol. The van der Waals surface area contributed by atoms with E-state index in [0.717, 1.165) is 32.1 Å². The lowest BCUT2D eigenvalue weighted by atomic mass is 9.79. The number of hydrogen-bond acceptors (Lipinski definition) is 2. The third-order valence-electron chi connectivity index (χ3n) is 3.86. The van der Waals surface area contributed by atoms with Gasteiger partial charge in [0.15, 0.2) is 0 Å². The van der Waals surface area contributed by atoms with Gasteiger partial charge in [0.1, 0.15) is 5.69 Å². The van der Waals surface area contributed by atoms with Crippen LogP contribution in [0.4, 0.5) is 0 Å². The van der Waals surface area contributed by atoms with Crippen LogP contribution in [0.15, 0.2) is 18.3 Å². The maximum absolute atomic E-state index is 12.3. The molecule has 1 amide bonds. The number of nitrogens with zero attached hydrogens (tertiary/aromatic N) is 1. The zero-order valence-corrected chi connectivity index (χ0v) is 11.2. The number of amides is 1. The second-order valence-corrected chi connectivity index (χ2v) is 5.37. The Labute approximate surface area is 112 Å². The molecule has 1 aromatic heterocycles. The average molecular weight is 264 g/mol. The van der Waals surface area contributed by atoms with Crippen LogP contribution in [-0.2, 0) is 11.8 Å². The van der Waals surface area contributed by atoms with Crippen LogP contribution < -0.4 is 5.32 Å². The molecule has 1 aromatic rings. The van der Waals surface area contributed by atoms with Gasteiger partial charge in [-0.15, -0.1) is 0 Å². The van der Waals surface area contributed by atoms with Gasteiger partial charge in [-0.05, 0) is 25.0 Å². The number of hydrogen-bond donors (Lipinski definition) is 2. The molecule has 0 saturated heterocycles. The highest BCUT2D eigenvalue weighted by atomic mass is 16.4. The molecular weight excluding hydrogens is 244 g/mol. The first kappa shape index (κ1) is 13.6. The van der Waals surface area contributed by atoms with Gasteiger partial charge in [0, 0.05) is 13.2 Å². The van der Waals surface area contributed by atoms with Crippen molar-refractivity contribution in [3.63, 3.8) is 0 Å². The number of aryl methyl sites for hydroxylation is 1. The Morgan fingerprint density at radius 1 is 1.37 bits per heavy atom. The fraction of sp³-hybridized carbons (Fsp3) is 0.571.